The van der Waals surface area contributed by atoms with Crippen molar-refractivity contribution in [3.63, 3.8) is 0 Å². The van der Waals surface area contributed by atoms with Gasteiger partial charge in [-0.1, -0.05) is 161 Å². The summed E-state index contributed by atoms with van der Waals surface area (Å²) >= 11 is 8.56. The largest absolute Gasteiger partial charge is 0.249 e. The predicted molar refractivity (Wildman–Crippen MR) is 195 cm³/mol. The SMILES string of the molecule is Cc1cc(C)cc(-c2ccccc2[Si](Cl)(c2ccccc2-c2cc(C)cc(C)c2)c2ccccc2-c2cc(C)cc(C)c2)c1. The summed E-state index contributed by atoms with van der Waals surface area (Å²) in [4.78, 5) is 0. The van der Waals surface area contributed by atoms with Gasteiger partial charge in [0.05, 0.1) is 0 Å². The van der Waals surface area contributed by atoms with Crippen molar-refractivity contribution >= 4 is 34.0 Å². The van der Waals surface area contributed by atoms with Crippen molar-refractivity contribution in [1.82, 2.24) is 0 Å². The van der Waals surface area contributed by atoms with Crippen LogP contribution in [0.25, 0.3) is 33.4 Å². The molecular weight excluding hydrogens is 568 g/mol. The Labute approximate surface area is 268 Å². The molecular formula is C42H39ClSi. The Balaban J connectivity index is 1.74. The molecule has 0 N–H and O–H groups in total. The van der Waals surface area contributed by atoms with E-state index in [0.717, 1.165) is 0 Å². The lowest BCUT2D eigenvalue weighted by atomic mass is 10.0. The first-order valence-electron chi connectivity index (χ1n) is 15.4. The summed E-state index contributed by atoms with van der Waals surface area (Å²) in [5.74, 6) is 0. The predicted octanol–water partition coefficient (Wildman–Crippen LogP) is 9.74. The molecule has 0 spiro atoms. The molecule has 0 radical (unpaired) electrons. The molecule has 0 unspecified atom stereocenters. The van der Waals surface area contributed by atoms with Crippen molar-refractivity contribution in [2.24, 2.45) is 0 Å². The Morgan fingerprint density at radius 2 is 0.568 bits per heavy atom. The van der Waals surface area contributed by atoms with E-state index in [4.69, 9.17) is 11.1 Å². The fourth-order valence-electron chi connectivity index (χ4n) is 6.93. The van der Waals surface area contributed by atoms with Crippen LogP contribution in [0.15, 0.2) is 127 Å². The quantitative estimate of drug-likeness (QED) is 0.101. The molecule has 0 aromatic heterocycles. The molecule has 218 valence electrons. The van der Waals surface area contributed by atoms with E-state index in [1.54, 1.807) is 0 Å². The number of hydrogen-bond donors (Lipinski definition) is 0. The molecule has 0 saturated carbocycles. The topological polar surface area (TPSA) is 0 Å². The van der Waals surface area contributed by atoms with Gasteiger partial charge >= 0.3 is 0 Å². The van der Waals surface area contributed by atoms with E-state index < -0.39 is 7.38 Å². The fourth-order valence-corrected chi connectivity index (χ4v) is 12.1. The Morgan fingerprint density at radius 1 is 0.341 bits per heavy atom. The molecule has 44 heavy (non-hydrogen) atoms. The molecule has 0 fully saturated rings. The highest BCUT2D eigenvalue weighted by Gasteiger charge is 2.43. The zero-order valence-corrected chi connectivity index (χ0v) is 28.3. The Kier molecular flexibility index (Phi) is 8.20. The van der Waals surface area contributed by atoms with Crippen LogP contribution in [0.1, 0.15) is 33.4 Å². The minimum absolute atomic E-state index is 1.20. The first kappa shape index (κ1) is 29.9. The highest BCUT2D eigenvalue weighted by Crippen LogP contribution is 2.31. The second kappa shape index (κ2) is 12.1. The van der Waals surface area contributed by atoms with Crippen molar-refractivity contribution in [2.75, 3.05) is 0 Å². The molecule has 0 saturated heterocycles. The van der Waals surface area contributed by atoms with Crippen molar-refractivity contribution in [1.29, 1.82) is 0 Å². The minimum Gasteiger partial charge on any atom is -0.149 e. The summed E-state index contributed by atoms with van der Waals surface area (Å²) in [6, 6.07) is 47.0. The van der Waals surface area contributed by atoms with Gasteiger partial charge in [0.2, 0.25) is 7.38 Å². The fraction of sp³-hybridized carbons (Fsp3) is 0.143. The van der Waals surface area contributed by atoms with Gasteiger partial charge in [-0.25, -0.2) is 0 Å². The number of halogens is 1. The van der Waals surface area contributed by atoms with Gasteiger partial charge in [-0.3, -0.25) is 0 Å². The van der Waals surface area contributed by atoms with Crippen molar-refractivity contribution in [3.05, 3.63) is 161 Å². The third-order valence-corrected chi connectivity index (χ3v) is 13.9. The standard InChI is InChI=1S/C42H39ClSi/c1-28-19-29(2)23-34(22-28)37-13-7-10-16-40(37)44(43,41-17-11-8-14-38(41)35-24-30(3)20-31(4)25-35)42-18-12-9-15-39(42)36-26-32(5)21-33(6)27-36/h7-27H,1-6H3. The van der Waals surface area contributed by atoms with Crippen LogP contribution >= 0.6 is 11.1 Å². The molecule has 6 aromatic rings. The summed E-state index contributed by atoms with van der Waals surface area (Å²) in [5, 5.41) is 3.63. The van der Waals surface area contributed by atoms with E-state index >= 15 is 0 Å². The lowest BCUT2D eigenvalue weighted by molar-refractivity contribution is 1.38. The summed E-state index contributed by atoms with van der Waals surface area (Å²) in [7, 11) is -3.19. The van der Waals surface area contributed by atoms with Gasteiger partial charge in [0.1, 0.15) is 0 Å². The molecule has 0 bridgehead atoms. The molecule has 0 aliphatic heterocycles. The summed E-state index contributed by atoms with van der Waals surface area (Å²) in [6.45, 7) is 13.1. The minimum atomic E-state index is -3.19. The van der Waals surface area contributed by atoms with E-state index in [1.165, 1.54) is 82.3 Å². The molecule has 0 aliphatic carbocycles. The normalized spacial score (nSPS) is 11.5. The van der Waals surface area contributed by atoms with Crippen LogP contribution in [-0.2, 0) is 0 Å². The number of rotatable bonds is 6. The maximum atomic E-state index is 8.56. The van der Waals surface area contributed by atoms with Gasteiger partial charge in [-0.05, 0) is 90.5 Å². The van der Waals surface area contributed by atoms with Gasteiger partial charge in [0.15, 0.2) is 0 Å². The van der Waals surface area contributed by atoms with Crippen molar-refractivity contribution < 1.29 is 0 Å². The average Bonchev–Trinajstić information content (AvgIpc) is 2.99. The third-order valence-electron chi connectivity index (χ3n) is 8.49. The van der Waals surface area contributed by atoms with E-state index in [-0.39, 0.29) is 0 Å². The van der Waals surface area contributed by atoms with E-state index in [2.05, 4.69) is 169 Å². The second-order valence-corrected chi connectivity index (χ2v) is 17.1. The molecule has 0 amide bonds. The molecule has 0 nitrogen and oxygen atoms in total. The first-order valence-corrected chi connectivity index (χ1v) is 18.4. The second-order valence-electron chi connectivity index (χ2n) is 12.4. The lowest BCUT2D eigenvalue weighted by Crippen LogP contribution is -2.64. The molecule has 6 aromatic carbocycles. The van der Waals surface area contributed by atoms with Crippen molar-refractivity contribution in [3.8, 4) is 33.4 Å². The Bertz CT molecular complexity index is 1710. The number of hydrogen-bond acceptors (Lipinski definition) is 0. The zero-order valence-electron chi connectivity index (χ0n) is 26.5. The highest BCUT2D eigenvalue weighted by molar-refractivity contribution is 7.41. The average molecular weight is 607 g/mol. The van der Waals surface area contributed by atoms with Gasteiger partial charge in [0.25, 0.3) is 0 Å². The van der Waals surface area contributed by atoms with Gasteiger partial charge < -0.3 is 0 Å². The molecule has 6 rings (SSSR count). The summed E-state index contributed by atoms with van der Waals surface area (Å²) in [5.41, 5.74) is 14.8. The van der Waals surface area contributed by atoms with Crippen LogP contribution < -0.4 is 15.6 Å². The molecule has 0 aliphatic rings. The van der Waals surface area contributed by atoms with Crippen LogP contribution in [0, 0.1) is 41.5 Å². The third kappa shape index (κ3) is 5.71. The first-order chi connectivity index (χ1) is 21.1. The maximum Gasteiger partial charge on any atom is 0.249 e. The van der Waals surface area contributed by atoms with E-state index in [1.807, 2.05) is 0 Å². The highest BCUT2D eigenvalue weighted by atomic mass is 35.6. The lowest BCUT2D eigenvalue weighted by Gasteiger charge is -2.32. The smallest absolute Gasteiger partial charge is 0.149 e. The zero-order chi connectivity index (χ0) is 31.0. The Morgan fingerprint density at radius 3 is 0.818 bits per heavy atom. The molecule has 2 heteroatoms. The number of benzene rings is 6. The maximum absolute atomic E-state index is 8.56. The van der Waals surface area contributed by atoms with Crippen LogP contribution in [-0.4, -0.2) is 7.38 Å². The summed E-state index contributed by atoms with van der Waals surface area (Å²) < 4.78 is 0. The molecule has 0 atom stereocenters. The van der Waals surface area contributed by atoms with E-state index in [9.17, 15) is 0 Å². The Hall–Kier alpha value is -4.17. The van der Waals surface area contributed by atoms with Crippen LogP contribution in [0.4, 0.5) is 0 Å². The van der Waals surface area contributed by atoms with Gasteiger partial charge in [0, 0.05) is 0 Å². The van der Waals surface area contributed by atoms with Gasteiger partial charge in [-0.15, -0.1) is 11.1 Å². The number of aryl methyl sites for hydroxylation is 6. The van der Waals surface area contributed by atoms with Crippen LogP contribution in [0.5, 0.6) is 0 Å². The van der Waals surface area contributed by atoms with Crippen molar-refractivity contribution in [2.45, 2.75) is 41.5 Å². The molecule has 0 heterocycles. The summed E-state index contributed by atoms with van der Waals surface area (Å²) in [6.07, 6.45) is 0. The van der Waals surface area contributed by atoms with Crippen LogP contribution in [0.2, 0.25) is 0 Å². The van der Waals surface area contributed by atoms with E-state index in [0.29, 0.717) is 0 Å². The van der Waals surface area contributed by atoms with Gasteiger partial charge in [-0.2, -0.15) is 0 Å². The monoisotopic (exact) mass is 606 g/mol. The van der Waals surface area contributed by atoms with Crippen LogP contribution in [0.3, 0.4) is 0 Å².